The van der Waals surface area contributed by atoms with Gasteiger partial charge in [0.1, 0.15) is 10.7 Å². The van der Waals surface area contributed by atoms with Gasteiger partial charge in [0.25, 0.3) is 15.9 Å². The van der Waals surface area contributed by atoms with Crippen molar-refractivity contribution >= 4 is 37.7 Å². The molecular formula is C17H18BrN3O4S. The summed E-state index contributed by atoms with van der Waals surface area (Å²) in [5.41, 5.74) is 1.26. The van der Waals surface area contributed by atoms with Gasteiger partial charge in [-0.05, 0) is 41.1 Å². The Bertz CT molecular complexity index is 910. The van der Waals surface area contributed by atoms with Gasteiger partial charge < -0.3 is 9.64 Å². The average molecular weight is 440 g/mol. The number of nitrogens with one attached hydrogen (secondary N) is 1. The average Bonchev–Trinajstić information content (AvgIpc) is 2.62. The predicted molar refractivity (Wildman–Crippen MR) is 101 cm³/mol. The first kappa shape index (κ1) is 18.8. The lowest BCUT2D eigenvalue weighted by Gasteiger charge is -2.28. The number of pyridine rings is 1. The number of sulfonamides is 1. The maximum Gasteiger partial charge on any atom is 0.265 e. The van der Waals surface area contributed by atoms with Crippen molar-refractivity contribution in [3.63, 3.8) is 0 Å². The quantitative estimate of drug-likeness (QED) is 0.784. The third-order valence-corrected chi connectivity index (χ3v) is 5.84. The number of anilines is 1. The molecule has 2 aromatic rings. The largest absolute Gasteiger partial charge is 0.378 e. The molecule has 1 aliphatic rings. The van der Waals surface area contributed by atoms with Gasteiger partial charge in [0.2, 0.25) is 0 Å². The van der Waals surface area contributed by atoms with Crippen LogP contribution < -0.4 is 9.62 Å². The fourth-order valence-electron chi connectivity index (χ4n) is 2.51. The molecule has 1 amide bonds. The summed E-state index contributed by atoms with van der Waals surface area (Å²) in [6.45, 7) is 4.45. The number of hydrogen-bond acceptors (Lipinski definition) is 6. The highest BCUT2D eigenvalue weighted by molar-refractivity contribution is 9.10. The molecule has 1 N–H and O–H groups in total. The van der Waals surface area contributed by atoms with Gasteiger partial charge in [0, 0.05) is 24.8 Å². The second-order valence-corrected chi connectivity index (χ2v) is 8.41. The minimum atomic E-state index is -4.02. The lowest BCUT2D eigenvalue weighted by Crippen LogP contribution is -2.37. The van der Waals surface area contributed by atoms with E-state index < -0.39 is 15.9 Å². The number of carbonyl (C=O) groups excluding carboxylic acids is 1. The number of amides is 1. The van der Waals surface area contributed by atoms with Crippen LogP contribution in [0.4, 0.5) is 5.82 Å². The summed E-state index contributed by atoms with van der Waals surface area (Å²) >= 11 is 3.37. The molecule has 26 heavy (non-hydrogen) atoms. The van der Waals surface area contributed by atoms with Crippen molar-refractivity contribution in [2.75, 3.05) is 31.2 Å². The van der Waals surface area contributed by atoms with Crippen molar-refractivity contribution in [3.05, 3.63) is 52.1 Å². The third kappa shape index (κ3) is 4.22. The summed E-state index contributed by atoms with van der Waals surface area (Å²) in [7, 11) is -4.02. The van der Waals surface area contributed by atoms with Crippen LogP contribution in [0.15, 0.2) is 45.9 Å². The molecule has 2 heterocycles. The van der Waals surface area contributed by atoms with Crippen LogP contribution in [-0.2, 0) is 14.8 Å². The van der Waals surface area contributed by atoms with Crippen LogP contribution in [0.1, 0.15) is 15.9 Å². The Morgan fingerprint density at radius 1 is 1.23 bits per heavy atom. The van der Waals surface area contributed by atoms with Crippen molar-refractivity contribution < 1.29 is 17.9 Å². The van der Waals surface area contributed by atoms with Gasteiger partial charge in [-0.2, -0.15) is 0 Å². The Balaban J connectivity index is 1.79. The SMILES string of the molecule is Cc1ccc(C(=O)NS(=O)(=O)c2cnc(N3CCOCC3)c(Br)c2)cc1. The number of morpholine rings is 1. The maximum absolute atomic E-state index is 12.5. The zero-order valence-electron chi connectivity index (χ0n) is 14.1. The van der Waals surface area contributed by atoms with Crippen LogP contribution in [-0.4, -0.2) is 45.6 Å². The maximum atomic E-state index is 12.5. The van der Waals surface area contributed by atoms with E-state index >= 15 is 0 Å². The number of aryl methyl sites for hydroxylation is 1. The lowest BCUT2D eigenvalue weighted by molar-refractivity contribution is 0.0981. The molecule has 1 aromatic carbocycles. The number of ether oxygens (including phenoxy) is 1. The number of nitrogens with zero attached hydrogens (tertiary/aromatic N) is 2. The van der Waals surface area contributed by atoms with Crippen LogP contribution in [0.25, 0.3) is 0 Å². The van der Waals surface area contributed by atoms with Gasteiger partial charge in [-0.1, -0.05) is 17.7 Å². The number of benzene rings is 1. The lowest BCUT2D eigenvalue weighted by atomic mass is 10.1. The molecule has 0 spiro atoms. The van der Waals surface area contributed by atoms with Crippen molar-refractivity contribution in [1.29, 1.82) is 0 Å². The first-order valence-corrected chi connectivity index (χ1v) is 10.3. The topological polar surface area (TPSA) is 88.6 Å². The molecule has 3 rings (SSSR count). The molecule has 1 aromatic heterocycles. The van der Waals surface area contributed by atoms with Crippen molar-refractivity contribution in [2.45, 2.75) is 11.8 Å². The molecule has 7 nitrogen and oxygen atoms in total. The zero-order valence-corrected chi connectivity index (χ0v) is 16.5. The fraction of sp³-hybridized carbons (Fsp3) is 0.294. The predicted octanol–water partition coefficient (Wildman–Crippen LogP) is 2.11. The smallest absolute Gasteiger partial charge is 0.265 e. The molecule has 0 atom stereocenters. The Kier molecular flexibility index (Phi) is 5.59. The van der Waals surface area contributed by atoms with Crippen LogP contribution in [0.2, 0.25) is 0 Å². The van der Waals surface area contributed by atoms with E-state index in [1.807, 2.05) is 11.8 Å². The van der Waals surface area contributed by atoms with Crippen LogP contribution in [0, 0.1) is 6.92 Å². The summed E-state index contributed by atoms with van der Waals surface area (Å²) in [4.78, 5) is 18.4. The van der Waals surface area contributed by atoms with Crippen molar-refractivity contribution in [2.24, 2.45) is 0 Å². The van der Waals surface area contributed by atoms with Gasteiger partial charge in [-0.15, -0.1) is 0 Å². The van der Waals surface area contributed by atoms with Gasteiger partial charge in [0.05, 0.1) is 17.7 Å². The molecule has 138 valence electrons. The molecule has 0 unspecified atom stereocenters. The summed E-state index contributed by atoms with van der Waals surface area (Å²) in [5.74, 6) is -0.0320. The van der Waals surface area contributed by atoms with E-state index in [9.17, 15) is 13.2 Å². The normalized spacial score (nSPS) is 14.9. The first-order valence-electron chi connectivity index (χ1n) is 7.99. The highest BCUT2D eigenvalue weighted by atomic mass is 79.9. The Labute approximate surface area is 160 Å². The molecule has 1 saturated heterocycles. The highest BCUT2D eigenvalue weighted by Gasteiger charge is 2.22. The van der Waals surface area contributed by atoms with Gasteiger partial charge in [-0.3, -0.25) is 4.79 Å². The van der Waals surface area contributed by atoms with E-state index in [1.54, 1.807) is 24.3 Å². The van der Waals surface area contributed by atoms with Gasteiger partial charge in [0.15, 0.2) is 0 Å². The zero-order chi connectivity index (χ0) is 18.7. The van der Waals surface area contributed by atoms with E-state index in [-0.39, 0.29) is 10.5 Å². The van der Waals surface area contributed by atoms with E-state index in [1.165, 1.54) is 12.3 Å². The van der Waals surface area contributed by atoms with Crippen LogP contribution >= 0.6 is 15.9 Å². The Morgan fingerprint density at radius 2 is 1.88 bits per heavy atom. The number of aromatic nitrogens is 1. The van der Waals surface area contributed by atoms with E-state index in [4.69, 9.17) is 4.74 Å². The van der Waals surface area contributed by atoms with Gasteiger partial charge >= 0.3 is 0 Å². The van der Waals surface area contributed by atoms with Gasteiger partial charge in [-0.25, -0.2) is 18.1 Å². The summed E-state index contributed by atoms with van der Waals surface area (Å²) in [5, 5.41) is 0. The van der Waals surface area contributed by atoms with Crippen molar-refractivity contribution in [1.82, 2.24) is 9.71 Å². The number of rotatable bonds is 4. The molecule has 1 fully saturated rings. The van der Waals surface area contributed by atoms with E-state index in [2.05, 4.69) is 25.6 Å². The first-order chi connectivity index (χ1) is 12.4. The monoisotopic (exact) mass is 439 g/mol. The van der Waals surface area contributed by atoms with Crippen LogP contribution in [0.5, 0.6) is 0 Å². The molecule has 9 heteroatoms. The minimum Gasteiger partial charge on any atom is -0.378 e. The summed E-state index contributed by atoms with van der Waals surface area (Å²) in [6.07, 6.45) is 1.25. The van der Waals surface area contributed by atoms with E-state index in [0.717, 1.165) is 5.56 Å². The third-order valence-electron chi connectivity index (χ3n) is 3.96. The number of carbonyl (C=O) groups is 1. The molecule has 0 aliphatic carbocycles. The Hall–Kier alpha value is -1.97. The van der Waals surface area contributed by atoms with Crippen LogP contribution in [0.3, 0.4) is 0 Å². The minimum absolute atomic E-state index is 0.0816. The molecule has 1 aliphatic heterocycles. The highest BCUT2D eigenvalue weighted by Crippen LogP contribution is 2.27. The standard InChI is InChI=1S/C17H18BrN3O4S/c1-12-2-4-13(5-3-12)17(22)20-26(23,24)14-10-15(18)16(19-11-14)21-6-8-25-9-7-21/h2-5,10-11H,6-9H2,1H3,(H,20,22). The molecule has 0 bridgehead atoms. The molecule has 0 radical (unpaired) electrons. The number of hydrogen-bond donors (Lipinski definition) is 1. The second-order valence-electron chi connectivity index (χ2n) is 5.88. The molecule has 0 saturated carbocycles. The second kappa shape index (κ2) is 7.73. The summed E-state index contributed by atoms with van der Waals surface area (Å²) < 4.78 is 32.9. The van der Waals surface area contributed by atoms with E-state index in [0.29, 0.717) is 36.6 Å². The molecular weight excluding hydrogens is 422 g/mol. The number of halogens is 1. The fourth-order valence-corrected chi connectivity index (χ4v) is 4.21. The Morgan fingerprint density at radius 3 is 2.50 bits per heavy atom. The summed E-state index contributed by atoms with van der Waals surface area (Å²) in [6, 6.07) is 8.10. The van der Waals surface area contributed by atoms with Crippen molar-refractivity contribution in [3.8, 4) is 0 Å².